The molecular weight excluding hydrogens is 180 g/mol. The number of carboxylic acids is 1. The van der Waals surface area contributed by atoms with Crippen molar-refractivity contribution in [1.29, 1.82) is 5.26 Å². The van der Waals surface area contributed by atoms with Gasteiger partial charge in [0.1, 0.15) is 0 Å². The van der Waals surface area contributed by atoms with Gasteiger partial charge in [-0.2, -0.15) is 5.26 Å². The SMILES string of the molecule is CN(C)c1cc(C#N)ccc1C(=O)O. The van der Waals surface area contributed by atoms with Gasteiger partial charge in [-0.15, -0.1) is 0 Å². The van der Waals surface area contributed by atoms with Crippen molar-refractivity contribution in [2.45, 2.75) is 0 Å². The highest BCUT2D eigenvalue weighted by molar-refractivity contribution is 5.94. The minimum atomic E-state index is -0.988. The number of rotatable bonds is 2. The summed E-state index contributed by atoms with van der Waals surface area (Å²) in [4.78, 5) is 12.5. The molecule has 1 aromatic carbocycles. The summed E-state index contributed by atoms with van der Waals surface area (Å²) < 4.78 is 0. The zero-order chi connectivity index (χ0) is 10.7. The van der Waals surface area contributed by atoms with E-state index in [4.69, 9.17) is 10.4 Å². The summed E-state index contributed by atoms with van der Waals surface area (Å²) in [7, 11) is 3.48. The lowest BCUT2D eigenvalue weighted by molar-refractivity contribution is 0.0697. The Morgan fingerprint density at radius 1 is 1.50 bits per heavy atom. The molecule has 0 bridgehead atoms. The van der Waals surface area contributed by atoms with Crippen LogP contribution in [-0.2, 0) is 0 Å². The van der Waals surface area contributed by atoms with Crippen LogP contribution in [0.5, 0.6) is 0 Å². The van der Waals surface area contributed by atoms with E-state index in [2.05, 4.69) is 0 Å². The largest absolute Gasteiger partial charge is 0.478 e. The Kier molecular flexibility index (Phi) is 2.73. The van der Waals surface area contributed by atoms with Crippen LogP contribution in [0.3, 0.4) is 0 Å². The second kappa shape index (κ2) is 3.79. The monoisotopic (exact) mass is 190 g/mol. The summed E-state index contributed by atoms with van der Waals surface area (Å²) in [6, 6.07) is 6.46. The van der Waals surface area contributed by atoms with Crippen molar-refractivity contribution in [3.63, 3.8) is 0 Å². The van der Waals surface area contributed by atoms with Gasteiger partial charge in [0.25, 0.3) is 0 Å². The standard InChI is InChI=1S/C10H10N2O2/c1-12(2)9-5-7(6-11)3-4-8(9)10(13)14/h3-5H,1-2H3,(H,13,14). The van der Waals surface area contributed by atoms with Crippen LogP contribution < -0.4 is 4.90 Å². The average Bonchev–Trinajstić information content (AvgIpc) is 2.16. The summed E-state index contributed by atoms with van der Waals surface area (Å²) >= 11 is 0. The molecular formula is C10H10N2O2. The molecule has 0 aromatic heterocycles. The van der Waals surface area contributed by atoms with E-state index in [0.717, 1.165) is 0 Å². The molecule has 4 nitrogen and oxygen atoms in total. The maximum atomic E-state index is 10.8. The normalized spacial score (nSPS) is 9.21. The van der Waals surface area contributed by atoms with Crippen LogP contribution in [0.1, 0.15) is 15.9 Å². The van der Waals surface area contributed by atoms with Crippen LogP contribution in [0, 0.1) is 11.3 Å². The van der Waals surface area contributed by atoms with Crippen LogP contribution in [0.2, 0.25) is 0 Å². The Hall–Kier alpha value is -2.02. The molecule has 0 unspecified atom stereocenters. The second-order valence-electron chi connectivity index (χ2n) is 3.04. The quantitative estimate of drug-likeness (QED) is 0.763. The number of anilines is 1. The first-order valence-corrected chi connectivity index (χ1v) is 4.01. The van der Waals surface area contributed by atoms with Gasteiger partial charge in [0.15, 0.2) is 0 Å². The molecule has 0 saturated carbocycles. The Balaban J connectivity index is 3.33. The fraction of sp³-hybridized carbons (Fsp3) is 0.200. The van der Waals surface area contributed by atoms with E-state index in [1.807, 2.05) is 6.07 Å². The first kappa shape index (κ1) is 10.1. The third-order valence-electron chi connectivity index (χ3n) is 1.84. The molecule has 1 rings (SSSR count). The molecule has 0 aliphatic carbocycles. The van der Waals surface area contributed by atoms with E-state index < -0.39 is 5.97 Å². The molecule has 0 atom stereocenters. The minimum absolute atomic E-state index is 0.203. The number of aromatic carboxylic acids is 1. The van der Waals surface area contributed by atoms with Crippen molar-refractivity contribution in [2.75, 3.05) is 19.0 Å². The lowest BCUT2D eigenvalue weighted by Crippen LogP contribution is -2.13. The first-order chi connectivity index (χ1) is 6.56. The van der Waals surface area contributed by atoms with E-state index in [0.29, 0.717) is 11.3 Å². The predicted molar refractivity (Wildman–Crippen MR) is 52.4 cm³/mol. The Labute approximate surface area is 82.0 Å². The lowest BCUT2D eigenvalue weighted by Gasteiger charge is -2.15. The molecule has 0 aliphatic rings. The molecule has 72 valence electrons. The number of carbonyl (C=O) groups is 1. The molecule has 1 N–H and O–H groups in total. The second-order valence-corrected chi connectivity index (χ2v) is 3.04. The Morgan fingerprint density at radius 2 is 2.14 bits per heavy atom. The zero-order valence-corrected chi connectivity index (χ0v) is 7.98. The molecule has 0 heterocycles. The number of benzene rings is 1. The van der Waals surface area contributed by atoms with Crippen LogP contribution in [-0.4, -0.2) is 25.2 Å². The number of hydrogen-bond acceptors (Lipinski definition) is 3. The molecule has 1 aromatic rings. The van der Waals surface area contributed by atoms with Crippen molar-refractivity contribution >= 4 is 11.7 Å². The average molecular weight is 190 g/mol. The zero-order valence-electron chi connectivity index (χ0n) is 7.98. The van der Waals surface area contributed by atoms with E-state index in [9.17, 15) is 4.79 Å². The fourth-order valence-electron chi connectivity index (χ4n) is 1.15. The molecule has 0 aliphatic heterocycles. The first-order valence-electron chi connectivity index (χ1n) is 4.01. The van der Waals surface area contributed by atoms with Gasteiger partial charge in [-0.05, 0) is 18.2 Å². The van der Waals surface area contributed by atoms with Crippen molar-refractivity contribution in [3.8, 4) is 6.07 Å². The highest BCUT2D eigenvalue weighted by Gasteiger charge is 2.11. The molecule has 0 saturated heterocycles. The summed E-state index contributed by atoms with van der Waals surface area (Å²) in [6.45, 7) is 0. The molecule has 0 radical (unpaired) electrons. The number of nitrogens with zero attached hydrogens (tertiary/aromatic N) is 2. The number of carboxylic acid groups (broad SMARTS) is 1. The topological polar surface area (TPSA) is 64.3 Å². The van der Waals surface area contributed by atoms with E-state index >= 15 is 0 Å². The molecule has 14 heavy (non-hydrogen) atoms. The van der Waals surface area contributed by atoms with Crippen molar-refractivity contribution in [3.05, 3.63) is 29.3 Å². The third kappa shape index (κ3) is 1.83. The van der Waals surface area contributed by atoms with Crippen LogP contribution in [0.25, 0.3) is 0 Å². The van der Waals surface area contributed by atoms with Crippen LogP contribution in [0.4, 0.5) is 5.69 Å². The van der Waals surface area contributed by atoms with Crippen molar-refractivity contribution in [2.24, 2.45) is 0 Å². The van der Waals surface area contributed by atoms with Crippen LogP contribution >= 0.6 is 0 Å². The van der Waals surface area contributed by atoms with E-state index in [1.165, 1.54) is 12.1 Å². The molecule has 0 fully saturated rings. The van der Waals surface area contributed by atoms with Gasteiger partial charge in [-0.25, -0.2) is 4.79 Å². The summed E-state index contributed by atoms with van der Waals surface area (Å²) in [5, 5.41) is 17.5. The number of hydrogen-bond donors (Lipinski definition) is 1. The predicted octanol–water partition coefficient (Wildman–Crippen LogP) is 1.32. The Bertz CT molecular complexity index is 405. The van der Waals surface area contributed by atoms with Gasteiger partial charge < -0.3 is 10.0 Å². The van der Waals surface area contributed by atoms with Gasteiger partial charge in [0.05, 0.1) is 22.9 Å². The molecule has 4 heteroatoms. The maximum Gasteiger partial charge on any atom is 0.337 e. The van der Waals surface area contributed by atoms with E-state index in [-0.39, 0.29) is 5.56 Å². The van der Waals surface area contributed by atoms with Crippen LogP contribution in [0.15, 0.2) is 18.2 Å². The molecule has 0 spiro atoms. The van der Waals surface area contributed by atoms with Crippen molar-refractivity contribution < 1.29 is 9.90 Å². The fourth-order valence-corrected chi connectivity index (χ4v) is 1.15. The van der Waals surface area contributed by atoms with E-state index in [1.54, 1.807) is 25.1 Å². The summed E-state index contributed by atoms with van der Waals surface area (Å²) in [5.74, 6) is -0.988. The summed E-state index contributed by atoms with van der Waals surface area (Å²) in [6.07, 6.45) is 0. The highest BCUT2D eigenvalue weighted by atomic mass is 16.4. The maximum absolute atomic E-state index is 10.8. The highest BCUT2D eigenvalue weighted by Crippen LogP contribution is 2.20. The Morgan fingerprint density at radius 3 is 2.57 bits per heavy atom. The lowest BCUT2D eigenvalue weighted by atomic mass is 10.1. The number of nitriles is 1. The summed E-state index contributed by atoms with van der Waals surface area (Å²) in [5.41, 5.74) is 1.20. The van der Waals surface area contributed by atoms with Gasteiger partial charge >= 0.3 is 5.97 Å². The van der Waals surface area contributed by atoms with Gasteiger partial charge in [-0.3, -0.25) is 0 Å². The van der Waals surface area contributed by atoms with Gasteiger partial charge in [-0.1, -0.05) is 0 Å². The van der Waals surface area contributed by atoms with Crippen molar-refractivity contribution in [1.82, 2.24) is 0 Å². The molecule has 0 amide bonds. The van der Waals surface area contributed by atoms with Gasteiger partial charge in [0, 0.05) is 14.1 Å². The van der Waals surface area contributed by atoms with Gasteiger partial charge in [0.2, 0.25) is 0 Å². The minimum Gasteiger partial charge on any atom is -0.478 e. The smallest absolute Gasteiger partial charge is 0.337 e. The third-order valence-corrected chi connectivity index (χ3v) is 1.84.